The van der Waals surface area contributed by atoms with E-state index >= 15 is 0 Å². The minimum atomic E-state index is -3.57. The molecule has 0 unspecified atom stereocenters. The summed E-state index contributed by atoms with van der Waals surface area (Å²) in [6, 6.07) is 10.3. The molecule has 0 bridgehead atoms. The van der Waals surface area contributed by atoms with Crippen molar-refractivity contribution in [1.29, 1.82) is 0 Å². The van der Waals surface area contributed by atoms with Crippen LogP contribution in [0.15, 0.2) is 41.3 Å². The number of anilines is 1. The molecule has 0 atom stereocenters. The van der Waals surface area contributed by atoms with Crippen molar-refractivity contribution in [3.8, 4) is 0 Å². The molecule has 2 aliphatic rings. The van der Waals surface area contributed by atoms with Crippen LogP contribution in [0.2, 0.25) is 5.02 Å². The number of rotatable bonds is 8. The molecular formula is C28H36ClN5O3S2. The van der Waals surface area contributed by atoms with Gasteiger partial charge >= 0.3 is 0 Å². The van der Waals surface area contributed by atoms with Crippen molar-refractivity contribution in [2.45, 2.75) is 50.0 Å². The number of piperazine rings is 1. The summed E-state index contributed by atoms with van der Waals surface area (Å²) in [5, 5.41) is 4.72. The van der Waals surface area contributed by atoms with E-state index < -0.39 is 10.0 Å². The van der Waals surface area contributed by atoms with E-state index in [9.17, 15) is 13.2 Å². The summed E-state index contributed by atoms with van der Waals surface area (Å²) in [7, 11) is -1.90. The minimum Gasteiger partial charge on any atom is -0.351 e. The number of nitrogens with zero attached hydrogens (tertiary/aromatic N) is 4. The van der Waals surface area contributed by atoms with E-state index in [1.54, 1.807) is 42.6 Å². The lowest BCUT2D eigenvalue weighted by Crippen LogP contribution is -2.48. The van der Waals surface area contributed by atoms with Crippen LogP contribution < -0.4 is 10.2 Å². The lowest BCUT2D eigenvalue weighted by Gasteiger charge is -2.34. The number of aryl methyl sites for hydroxylation is 1. The molecule has 8 nitrogen and oxygen atoms in total. The van der Waals surface area contributed by atoms with Crippen molar-refractivity contribution in [2.24, 2.45) is 0 Å². The highest BCUT2D eigenvalue weighted by atomic mass is 35.5. The number of hydrogen-bond donors (Lipinski definition) is 1. The first kappa shape index (κ1) is 28.3. The van der Waals surface area contributed by atoms with E-state index in [4.69, 9.17) is 16.6 Å². The Morgan fingerprint density at radius 1 is 1.08 bits per heavy atom. The maximum Gasteiger partial charge on any atom is 0.251 e. The molecule has 0 spiro atoms. The molecule has 11 heteroatoms. The third-order valence-electron chi connectivity index (χ3n) is 7.92. The fourth-order valence-corrected chi connectivity index (χ4v) is 8.19. The van der Waals surface area contributed by atoms with Crippen LogP contribution in [0.5, 0.6) is 0 Å². The van der Waals surface area contributed by atoms with Gasteiger partial charge in [0.25, 0.3) is 5.91 Å². The first-order valence-corrected chi connectivity index (χ1v) is 16.3. The quantitative estimate of drug-likeness (QED) is 0.408. The Balaban J connectivity index is 1.09. The molecule has 1 aromatic heterocycles. The Labute approximate surface area is 240 Å². The van der Waals surface area contributed by atoms with Gasteiger partial charge in [0.15, 0.2) is 5.13 Å². The van der Waals surface area contributed by atoms with Crippen LogP contribution in [-0.2, 0) is 10.0 Å². The first-order valence-electron chi connectivity index (χ1n) is 13.6. The van der Waals surface area contributed by atoms with Gasteiger partial charge < -0.3 is 10.2 Å². The topological polar surface area (TPSA) is 85.8 Å². The SMILES string of the molecule is Cc1ccc(Cl)c2sc(N3CCN(CCNC(=O)c4ccc(S(=O)(=O)N(C)C5CCCCC5)cc4)CC3)nc12. The number of halogens is 1. The summed E-state index contributed by atoms with van der Waals surface area (Å²) >= 11 is 8.02. The standard InChI is InChI=1S/C28H36ClN5O3S2/c1-20-8-13-24(29)26-25(20)31-28(38-26)34-18-16-33(17-19-34)15-14-30-27(35)21-9-11-23(12-10-21)39(36,37)32(2)22-6-4-3-5-7-22/h8-13,22H,3-7,14-19H2,1-2H3,(H,30,35). The Kier molecular flexibility index (Phi) is 8.78. The van der Waals surface area contributed by atoms with Crippen LogP contribution in [0, 0.1) is 6.92 Å². The maximum absolute atomic E-state index is 13.1. The van der Waals surface area contributed by atoms with Gasteiger partial charge in [-0.15, -0.1) is 0 Å². The molecule has 2 aromatic carbocycles. The largest absolute Gasteiger partial charge is 0.351 e. The van der Waals surface area contributed by atoms with Gasteiger partial charge in [0, 0.05) is 57.9 Å². The third-order valence-corrected chi connectivity index (χ3v) is 11.4. The molecular weight excluding hydrogens is 554 g/mol. The summed E-state index contributed by atoms with van der Waals surface area (Å²) in [5.74, 6) is -0.194. The van der Waals surface area contributed by atoms with Crippen LogP contribution in [0.25, 0.3) is 10.2 Å². The van der Waals surface area contributed by atoms with E-state index in [-0.39, 0.29) is 16.8 Å². The van der Waals surface area contributed by atoms with E-state index in [0.29, 0.717) is 12.1 Å². The fraction of sp³-hybridized carbons (Fsp3) is 0.500. The van der Waals surface area contributed by atoms with Crippen molar-refractivity contribution >= 4 is 54.2 Å². The molecule has 1 saturated carbocycles. The lowest BCUT2D eigenvalue weighted by atomic mass is 9.96. The molecule has 5 rings (SSSR count). The number of carbonyl (C=O) groups is 1. The number of benzene rings is 2. The van der Waals surface area contributed by atoms with Gasteiger partial charge in [-0.3, -0.25) is 9.69 Å². The zero-order valence-electron chi connectivity index (χ0n) is 22.5. The van der Waals surface area contributed by atoms with Gasteiger partial charge in [-0.25, -0.2) is 13.4 Å². The normalized spacial score (nSPS) is 17.7. The Morgan fingerprint density at radius 3 is 2.44 bits per heavy atom. The average Bonchev–Trinajstić information content (AvgIpc) is 3.42. The number of aromatic nitrogens is 1. The van der Waals surface area contributed by atoms with Gasteiger partial charge in [-0.2, -0.15) is 4.31 Å². The van der Waals surface area contributed by atoms with Crippen LogP contribution in [0.4, 0.5) is 5.13 Å². The number of fused-ring (bicyclic) bond motifs is 1. The van der Waals surface area contributed by atoms with E-state index in [2.05, 4.69) is 22.0 Å². The average molecular weight is 590 g/mol. The lowest BCUT2D eigenvalue weighted by molar-refractivity contribution is 0.0947. The summed E-state index contributed by atoms with van der Waals surface area (Å²) in [4.78, 5) is 22.4. The van der Waals surface area contributed by atoms with E-state index in [1.807, 2.05) is 12.1 Å². The summed E-state index contributed by atoms with van der Waals surface area (Å²) in [5.41, 5.74) is 2.58. The molecule has 3 aromatic rings. The predicted octanol–water partition coefficient (Wildman–Crippen LogP) is 4.76. The number of hydrogen-bond acceptors (Lipinski definition) is 7. The Bertz CT molecular complexity index is 1370. The molecule has 0 radical (unpaired) electrons. The predicted molar refractivity (Wildman–Crippen MR) is 159 cm³/mol. The van der Waals surface area contributed by atoms with Crippen molar-refractivity contribution in [1.82, 2.24) is 19.5 Å². The van der Waals surface area contributed by atoms with Crippen molar-refractivity contribution in [2.75, 3.05) is 51.2 Å². The van der Waals surface area contributed by atoms with Crippen LogP contribution in [0.1, 0.15) is 48.0 Å². The highest BCUT2D eigenvalue weighted by Gasteiger charge is 2.29. The number of nitrogens with one attached hydrogen (secondary N) is 1. The maximum atomic E-state index is 13.1. The number of amides is 1. The fourth-order valence-electron chi connectivity index (χ4n) is 5.40. The number of sulfonamides is 1. The van der Waals surface area contributed by atoms with Crippen LogP contribution >= 0.6 is 22.9 Å². The number of thiazole rings is 1. The second-order valence-corrected chi connectivity index (χ2v) is 13.8. The summed E-state index contributed by atoms with van der Waals surface area (Å²) in [6.07, 6.45) is 5.11. The molecule has 2 heterocycles. The third kappa shape index (κ3) is 6.25. The van der Waals surface area contributed by atoms with E-state index in [1.165, 1.54) is 10.7 Å². The van der Waals surface area contributed by atoms with Gasteiger partial charge in [0.05, 0.1) is 20.1 Å². The smallest absolute Gasteiger partial charge is 0.251 e. The second-order valence-electron chi connectivity index (χ2n) is 10.5. The van der Waals surface area contributed by atoms with Gasteiger partial charge in [0.1, 0.15) is 0 Å². The zero-order valence-corrected chi connectivity index (χ0v) is 24.9. The molecule has 2 fully saturated rings. The Morgan fingerprint density at radius 2 is 1.77 bits per heavy atom. The van der Waals surface area contributed by atoms with Crippen molar-refractivity contribution < 1.29 is 13.2 Å². The van der Waals surface area contributed by atoms with Crippen LogP contribution in [0.3, 0.4) is 0 Å². The monoisotopic (exact) mass is 589 g/mol. The van der Waals surface area contributed by atoms with E-state index in [0.717, 1.165) is 84.3 Å². The Hall–Kier alpha value is -2.24. The zero-order chi connectivity index (χ0) is 27.6. The molecule has 39 heavy (non-hydrogen) atoms. The molecule has 1 amide bonds. The highest BCUT2D eigenvalue weighted by Crippen LogP contribution is 2.35. The molecule has 1 N–H and O–H groups in total. The van der Waals surface area contributed by atoms with Gasteiger partial charge in [-0.1, -0.05) is 48.3 Å². The van der Waals surface area contributed by atoms with Gasteiger partial charge in [-0.05, 0) is 55.7 Å². The molecule has 1 saturated heterocycles. The second kappa shape index (κ2) is 12.1. The number of carbonyl (C=O) groups excluding carboxylic acids is 1. The van der Waals surface area contributed by atoms with Gasteiger partial charge in [0.2, 0.25) is 10.0 Å². The summed E-state index contributed by atoms with van der Waals surface area (Å²) < 4.78 is 28.7. The minimum absolute atomic E-state index is 0.0532. The molecule has 1 aliphatic carbocycles. The molecule has 210 valence electrons. The van der Waals surface area contributed by atoms with Crippen LogP contribution in [-0.4, -0.2) is 80.9 Å². The first-order chi connectivity index (χ1) is 18.7. The molecule has 1 aliphatic heterocycles. The summed E-state index contributed by atoms with van der Waals surface area (Å²) in [6.45, 7) is 6.86. The van der Waals surface area contributed by atoms with Crippen molar-refractivity contribution in [3.63, 3.8) is 0 Å². The highest BCUT2D eigenvalue weighted by molar-refractivity contribution is 7.89. The van der Waals surface area contributed by atoms with Crippen molar-refractivity contribution in [3.05, 3.63) is 52.5 Å².